The second-order valence-electron chi connectivity index (χ2n) is 5.18. The number of hydrogen-bond acceptors (Lipinski definition) is 4. The quantitative estimate of drug-likeness (QED) is 0.839. The molecule has 2 N–H and O–H groups in total. The highest BCUT2D eigenvalue weighted by molar-refractivity contribution is 7.99. The molecule has 6 heteroatoms. The van der Waals surface area contributed by atoms with Gasteiger partial charge in [0.2, 0.25) is 5.91 Å². The molecule has 3 nitrogen and oxygen atoms in total. The predicted octanol–water partition coefficient (Wildman–Crippen LogP) is 3.30. The monoisotopic (exact) mass is 333 g/mol. The summed E-state index contributed by atoms with van der Waals surface area (Å²) in [5.41, 5.74) is 0. The van der Waals surface area contributed by atoms with Gasteiger partial charge >= 0.3 is 0 Å². The van der Waals surface area contributed by atoms with Gasteiger partial charge in [-0.15, -0.1) is 23.1 Å². The maximum Gasteiger partial charge on any atom is 0.230 e. The van der Waals surface area contributed by atoms with Gasteiger partial charge in [-0.1, -0.05) is 11.6 Å². The van der Waals surface area contributed by atoms with Crippen LogP contribution < -0.4 is 5.32 Å². The molecule has 112 valence electrons. The Morgan fingerprint density at radius 2 is 2.15 bits per heavy atom. The summed E-state index contributed by atoms with van der Waals surface area (Å²) < 4.78 is 0.796. The normalized spacial score (nSPS) is 22.7. The van der Waals surface area contributed by atoms with E-state index in [1.165, 1.54) is 4.88 Å². The number of amides is 1. The molecular formula is C14H20ClNO2S2. The zero-order valence-electron chi connectivity index (χ0n) is 11.3. The van der Waals surface area contributed by atoms with E-state index in [1.807, 2.05) is 12.1 Å². The van der Waals surface area contributed by atoms with Crippen molar-refractivity contribution in [2.24, 2.45) is 5.92 Å². The molecule has 0 aromatic carbocycles. The maximum atomic E-state index is 11.7. The predicted molar refractivity (Wildman–Crippen MR) is 86.5 cm³/mol. The lowest BCUT2D eigenvalue weighted by Crippen LogP contribution is -2.33. The number of aliphatic hydroxyl groups excluding tert-OH is 1. The molecule has 1 saturated carbocycles. The molecule has 20 heavy (non-hydrogen) atoms. The van der Waals surface area contributed by atoms with E-state index in [4.69, 9.17) is 11.6 Å². The minimum Gasteiger partial charge on any atom is -0.393 e. The van der Waals surface area contributed by atoms with Crippen molar-refractivity contribution in [3.8, 4) is 0 Å². The van der Waals surface area contributed by atoms with Crippen molar-refractivity contribution in [1.82, 2.24) is 5.32 Å². The Kier molecular flexibility index (Phi) is 6.68. The molecule has 0 spiro atoms. The van der Waals surface area contributed by atoms with E-state index in [-0.39, 0.29) is 12.0 Å². The standard InChI is InChI=1S/C14H20ClNO2S2/c15-13-6-5-12(20-13)8-19-9-14(18)16-7-10-1-3-11(17)4-2-10/h5-6,10-11,17H,1-4,7-9H2,(H,16,18). The van der Waals surface area contributed by atoms with Crippen LogP contribution in [-0.2, 0) is 10.5 Å². The van der Waals surface area contributed by atoms with E-state index in [0.29, 0.717) is 11.7 Å². The van der Waals surface area contributed by atoms with Crippen LogP contribution in [0.15, 0.2) is 12.1 Å². The fourth-order valence-electron chi connectivity index (χ4n) is 2.33. The van der Waals surface area contributed by atoms with Crippen LogP contribution in [0.2, 0.25) is 4.34 Å². The van der Waals surface area contributed by atoms with Crippen molar-refractivity contribution in [1.29, 1.82) is 0 Å². The van der Waals surface area contributed by atoms with Crippen LogP contribution in [-0.4, -0.2) is 29.4 Å². The van der Waals surface area contributed by atoms with Crippen molar-refractivity contribution in [3.05, 3.63) is 21.3 Å². The number of rotatable bonds is 6. The fourth-order valence-corrected chi connectivity index (χ4v) is 4.39. The van der Waals surface area contributed by atoms with Gasteiger partial charge in [-0.2, -0.15) is 0 Å². The van der Waals surface area contributed by atoms with Crippen LogP contribution in [0.1, 0.15) is 30.6 Å². The third kappa shape index (κ3) is 5.64. The summed E-state index contributed by atoms with van der Waals surface area (Å²) in [4.78, 5) is 12.9. The second-order valence-corrected chi connectivity index (χ2v) is 7.96. The first-order valence-corrected chi connectivity index (χ1v) is 9.25. The fraction of sp³-hybridized carbons (Fsp3) is 0.643. The minimum atomic E-state index is -0.130. The summed E-state index contributed by atoms with van der Waals surface area (Å²) >= 11 is 9.04. The number of carbonyl (C=O) groups excluding carboxylic acids is 1. The molecule has 0 bridgehead atoms. The van der Waals surface area contributed by atoms with Crippen LogP contribution in [0.25, 0.3) is 0 Å². The van der Waals surface area contributed by atoms with Gasteiger partial charge < -0.3 is 10.4 Å². The van der Waals surface area contributed by atoms with E-state index in [1.54, 1.807) is 23.1 Å². The molecule has 0 atom stereocenters. The Morgan fingerprint density at radius 3 is 2.80 bits per heavy atom. The SMILES string of the molecule is O=C(CSCc1ccc(Cl)s1)NCC1CCC(O)CC1. The van der Waals surface area contributed by atoms with Gasteiger partial charge in [0, 0.05) is 17.2 Å². The third-order valence-electron chi connectivity index (χ3n) is 3.51. The molecule has 2 rings (SSSR count). The molecule has 1 aromatic heterocycles. The van der Waals surface area contributed by atoms with Gasteiger partial charge in [-0.3, -0.25) is 4.79 Å². The molecule has 1 fully saturated rings. The molecular weight excluding hydrogens is 314 g/mol. The second kappa shape index (κ2) is 8.27. The molecule has 1 amide bonds. The summed E-state index contributed by atoms with van der Waals surface area (Å²) in [7, 11) is 0. The van der Waals surface area contributed by atoms with Crippen LogP contribution in [0.3, 0.4) is 0 Å². The van der Waals surface area contributed by atoms with Crippen LogP contribution in [0.4, 0.5) is 0 Å². The third-order valence-corrected chi connectivity index (χ3v) is 5.91. The summed E-state index contributed by atoms with van der Waals surface area (Å²) in [5, 5.41) is 12.4. The van der Waals surface area contributed by atoms with E-state index >= 15 is 0 Å². The first-order valence-electron chi connectivity index (χ1n) is 6.90. The maximum absolute atomic E-state index is 11.7. The van der Waals surface area contributed by atoms with Crippen LogP contribution >= 0.6 is 34.7 Å². The molecule has 1 heterocycles. The lowest BCUT2D eigenvalue weighted by Gasteiger charge is -2.25. The number of hydrogen-bond donors (Lipinski definition) is 2. The topological polar surface area (TPSA) is 49.3 Å². The highest BCUT2D eigenvalue weighted by Crippen LogP contribution is 2.25. The average Bonchev–Trinajstić information content (AvgIpc) is 2.84. The molecule has 0 aliphatic heterocycles. The zero-order chi connectivity index (χ0) is 14.4. The lowest BCUT2D eigenvalue weighted by molar-refractivity contribution is -0.118. The van der Waals surface area contributed by atoms with Crippen molar-refractivity contribution >= 4 is 40.6 Å². The lowest BCUT2D eigenvalue weighted by atomic mass is 9.87. The summed E-state index contributed by atoms with van der Waals surface area (Å²) in [6.45, 7) is 0.747. The number of thiophene rings is 1. The van der Waals surface area contributed by atoms with Crippen LogP contribution in [0, 0.1) is 5.92 Å². The number of carbonyl (C=O) groups is 1. The van der Waals surface area contributed by atoms with Gasteiger partial charge in [0.1, 0.15) is 0 Å². The van der Waals surface area contributed by atoms with Gasteiger partial charge in [0.15, 0.2) is 0 Å². The van der Waals surface area contributed by atoms with Gasteiger partial charge in [0.05, 0.1) is 16.2 Å². The van der Waals surface area contributed by atoms with E-state index in [2.05, 4.69) is 5.32 Å². The Balaban J connectivity index is 1.56. The number of halogens is 1. The Morgan fingerprint density at radius 1 is 1.40 bits per heavy atom. The molecule has 0 saturated heterocycles. The molecule has 0 radical (unpaired) electrons. The first-order chi connectivity index (χ1) is 9.63. The molecule has 1 aliphatic carbocycles. The largest absolute Gasteiger partial charge is 0.393 e. The first kappa shape index (κ1) is 16.1. The van der Waals surface area contributed by atoms with Crippen molar-refractivity contribution in [3.63, 3.8) is 0 Å². The van der Waals surface area contributed by atoms with Crippen LogP contribution in [0.5, 0.6) is 0 Å². The Bertz CT molecular complexity index is 431. The summed E-state index contributed by atoms with van der Waals surface area (Å²) in [6, 6.07) is 3.89. The Hall–Kier alpha value is -0.230. The highest BCUT2D eigenvalue weighted by atomic mass is 35.5. The number of aliphatic hydroxyl groups is 1. The molecule has 1 aliphatic rings. The van der Waals surface area contributed by atoms with Crippen molar-refractivity contribution < 1.29 is 9.90 Å². The highest BCUT2D eigenvalue weighted by Gasteiger charge is 2.19. The minimum absolute atomic E-state index is 0.101. The van der Waals surface area contributed by atoms with Crippen molar-refractivity contribution in [2.45, 2.75) is 37.5 Å². The smallest absolute Gasteiger partial charge is 0.230 e. The van der Waals surface area contributed by atoms with Gasteiger partial charge in [-0.05, 0) is 43.7 Å². The Labute approximate surface area is 133 Å². The summed E-state index contributed by atoms with van der Waals surface area (Å²) in [5.74, 6) is 1.96. The van der Waals surface area contributed by atoms with Gasteiger partial charge in [-0.25, -0.2) is 0 Å². The van der Waals surface area contributed by atoms with E-state index < -0.39 is 0 Å². The number of thioether (sulfide) groups is 1. The van der Waals surface area contributed by atoms with Crippen molar-refractivity contribution in [2.75, 3.05) is 12.3 Å². The number of nitrogens with one attached hydrogen (secondary N) is 1. The zero-order valence-corrected chi connectivity index (χ0v) is 13.7. The average molecular weight is 334 g/mol. The summed E-state index contributed by atoms with van der Waals surface area (Å²) in [6.07, 6.45) is 3.64. The van der Waals surface area contributed by atoms with E-state index in [0.717, 1.165) is 42.3 Å². The van der Waals surface area contributed by atoms with E-state index in [9.17, 15) is 9.90 Å². The molecule has 1 aromatic rings. The van der Waals surface area contributed by atoms with Gasteiger partial charge in [0.25, 0.3) is 0 Å². The molecule has 0 unspecified atom stereocenters.